The van der Waals surface area contributed by atoms with Gasteiger partial charge in [-0.1, -0.05) is 0 Å². The van der Waals surface area contributed by atoms with Gasteiger partial charge in [-0.2, -0.15) is 0 Å². The van der Waals surface area contributed by atoms with Crippen LogP contribution in [-0.2, 0) is 25.2 Å². The van der Waals surface area contributed by atoms with E-state index in [9.17, 15) is 0 Å². The Hall–Kier alpha value is 0.214. The molecule has 0 saturated heterocycles. The second-order valence-corrected chi connectivity index (χ2v) is 7.58. The predicted octanol–water partition coefficient (Wildman–Crippen LogP) is -0.757. The van der Waals surface area contributed by atoms with Gasteiger partial charge in [-0.3, -0.25) is 0 Å². The second kappa shape index (κ2) is 9.63. The van der Waals surface area contributed by atoms with Crippen molar-refractivity contribution >= 4 is 0 Å². The van der Waals surface area contributed by atoms with E-state index < -0.39 is 0 Å². The van der Waals surface area contributed by atoms with Gasteiger partial charge in [0.2, 0.25) is 0 Å². The summed E-state index contributed by atoms with van der Waals surface area (Å²) in [6, 6.07) is 0. The molecule has 0 saturated carbocycles. The minimum atomic E-state index is -0.206. The van der Waals surface area contributed by atoms with Gasteiger partial charge in [-0.05, 0) is 0 Å². The molecule has 127 valence electrons. The second-order valence-electron chi connectivity index (χ2n) is 6.63. The number of halogens is 2. The fourth-order valence-corrected chi connectivity index (χ4v) is 4.34. The number of ether oxygens (including phenoxy) is 1. The molecule has 1 unspecified atom stereocenters. The molecule has 0 bridgehead atoms. The largest absolute Gasteiger partial charge is 1.00 e. The first kappa shape index (κ1) is 23.2. The molecular formula is C19H27Cl2OTi. The van der Waals surface area contributed by atoms with Gasteiger partial charge in [0.15, 0.2) is 0 Å². The molecule has 0 N–H and O–H groups in total. The molecule has 0 aliphatic heterocycles. The summed E-state index contributed by atoms with van der Waals surface area (Å²) in [5.74, 6) is 0. The van der Waals surface area contributed by atoms with Gasteiger partial charge in [0.05, 0.1) is 0 Å². The Labute approximate surface area is 165 Å². The first-order valence-electron chi connectivity index (χ1n) is 8.05. The molecule has 1 nitrogen and oxygen atoms in total. The number of unbranched alkanes of at least 4 members (excludes halogenated alkanes) is 1. The topological polar surface area (TPSA) is 9.23 Å². The minimum Gasteiger partial charge on any atom is -1.00 e. The van der Waals surface area contributed by atoms with E-state index in [4.69, 9.17) is 4.74 Å². The molecule has 23 heavy (non-hydrogen) atoms. The van der Waals surface area contributed by atoms with E-state index in [1.54, 1.807) is 0 Å². The molecule has 0 heterocycles. The van der Waals surface area contributed by atoms with E-state index in [2.05, 4.69) is 78.5 Å². The van der Waals surface area contributed by atoms with Crippen LogP contribution in [0.25, 0.3) is 0 Å². The summed E-state index contributed by atoms with van der Waals surface area (Å²) >= 11 is 2.26. The third-order valence-corrected chi connectivity index (χ3v) is 5.72. The third-order valence-electron chi connectivity index (χ3n) is 4.99. The fourth-order valence-electron chi connectivity index (χ4n) is 3.54. The van der Waals surface area contributed by atoms with Crippen molar-refractivity contribution in [3.05, 3.63) is 45.4 Å². The summed E-state index contributed by atoms with van der Waals surface area (Å²) in [5.41, 5.74) is 2.60. The minimum absolute atomic E-state index is 0. The molecule has 1 atom stereocenters. The van der Waals surface area contributed by atoms with Gasteiger partial charge in [0, 0.05) is 0 Å². The van der Waals surface area contributed by atoms with Crippen LogP contribution in [0.1, 0.15) is 53.4 Å². The van der Waals surface area contributed by atoms with Gasteiger partial charge < -0.3 is 24.8 Å². The van der Waals surface area contributed by atoms with Crippen LogP contribution in [-0.4, -0.2) is 12.2 Å². The Kier molecular flexibility index (Phi) is 9.72. The number of hydrogen-bond acceptors (Lipinski definition) is 1. The quantitative estimate of drug-likeness (QED) is 0.428. The maximum Gasteiger partial charge on any atom is -1.00 e. The first-order valence-corrected chi connectivity index (χ1v) is 8.83. The van der Waals surface area contributed by atoms with Crippen molar-refractivity contribution in [1.29, 1.82) is 0 Å². The summed E-state index contributed by atoms with van der Waals surface area (Å²) in [7, 11) is 0. The Balaban J connectivity index is 0.00000242. The van der Waals surface area contributed by atoms with Crippen molar-refractivity contribution in [2.45, 2.75) is 59.0 Å². The molecule has 0 fully saturated rings. The van der Waals surface area contributed by atoms with Crippen LogP contribution in [0.2, 0.25) is 0 Å². The summed E-state index contributed by atoms with van der Waals surface area (Å²) < 4.78 is 8.05. The molecule has 0 spiro atoms. The summed E-state index contributed by atoms with van der Waals surface area (Å²) in [6.07, 6.45) is 15.6. The Morgan fingerprint density at radius 2 is 1.96 bits per heavy atom. The molecule has 0 aromatic rings. The molecule has 0 amide bonds. The average Bonchev–Trinajstić information content (AvgIpc) is 2.88. The normalized spacial score (nSPS) is 23.5. The van der Waals surface area contributed by atoms with Crippen LogP contribution in [0, 0.1) is 5.41 Å². The number of allylic oxidation sites excluding steroid dienone is 5. The molecule has 2 aliphatic carbocycles. The van der Waals surface area contributed by atoms with Gasteiger partial charge in [-0.15, -0.1) is 0 Å². The molecule has 0 aromatic carbocycles. The molecule has 0 aromatic heterocycles. The molecule has 2 rings (SSSR count). The molecular weight excluding hydrogens is 363 g/mol. The van der Waals surface area contributed by atoms with E-state index in [0.29, 0.717) is 0 Å². The molecule has 2 aliphatic rings. The SMILES string of the molecule is CCCCOC1(C(C)(C)C2=[C]([Ti+2])CC=C2)CC=CC=C1C.[Cl-].[Cl-]. The zero-order valence-corrected chi connectivity index (χ0v) is 17.7. The van der Waals surface area contributed by atoms with Gasteiger partial charge in [-0.25, -0.2) is 0 Å². The van der Waals surface area contributed by atoms with E-state index in [0.717, 1.165) is 25.9 Å². The van der Waals surface area contributed by atoms with Crippen molar-refractivity contribution in [2.24, 2.45) is 5.41 Å². The standard InChI is InChI=1S/C19H27O.2ClH.Ti/c1-5-6-15-20-19(14-10-9-11-16(19)2)18(3,4)17-12-7-8-13-17;;;/h7,9-12H,5-6,8,14-15H2,1-4H3;2*1H;/q;;;+2/p-2. The zero-order chi connectivity index (χ0) is 15.5. The van der Waals surface area contributed by atoms with Crippen LogP contribution in [0.4, 0.5) is 0 Å². The first-order chi connectivity index (χ1) is 9.95. The van der Waals surface area contributed by atoms with E-state index >= 15 is 0 Å². The number of rotatable bonds is 6. The third kappa shape index (κ3) is 4.44. The smallest absolute Gasteiger partial charge is 1.00 e. The van der Waals surface area contributed by atoms with Crippen molar-refractivity contribution < 1.29 is 50.0 Å². The van der Waals surface area contributed by atoms with Crippen LogP contribution in [0.3, 0.4) is 0 Å². The summed E-state index contributed by atoms with van der Waals surface area (Å²) in [5, 5.41) is 0. The van der Waals surface area contributed by atoms with Gasteiger partial charge >= 0.3 is 142 Å². The zero-order valence-electron chi connectivity index (χ0n) is 14.6. The number of hydrogen-bond donors (Lipinski definition) is 0. The van der Waals surface area contributed by atoms with Crippen molar-refractivity contribution in [1.82, 2.24) is 0 Å². The average molecular weight is 390 g/mol. The fraction of sp³-hybridized carbons (Fsp3) is 0.579. The predicted molar refractivity (Wildman–Crippen MR) is 85.7 cm³/mol. The van der Waals surface area contributed by atoms with Crippen molar-refractivity contribution in [2.75, 3.05) is 6.61 Å². The maximum atomic E-state index is 6.56. The molecule has 4 heteroatoms. The van der Waals surface area contributed by atoms with Crippen LogP contribution >= 0.6 is 0 Å². The monoisotopic (exact) mass is 389 g/mol. The van der Waals surface area contributed by atoms with Crippen LogP contribution in [0.5, 0.6) is 0 Å². The Morgan fingerprint density at radius 3 is 2.48 bits per heavy atom. The Bertz CT molecular complexity index is 517. The van der Waals surface area contributed by atoms with E-state index in [-0.39, 0.29) is 35.8 Å². The summed E-state index contributed by atoms with van der Waals surface area (Å²) in [4.78, 5) is 0. The summed E-state index contributed by atoms with van der Waals surface area (Å²) in [6.45, 7) is 9.99. The van der Waals surface area contributed by atoms with Crippen LogP contribution < -0.4 is 24.8 Å². The molecule has 0 radical (unpaired) electrons. The van der Waals surface area contributed by atoms with Gasteiger partial charge in [0.1, 0.15) is 0 Å². The van der Waals surface area contributed by atoms with E-state index in [1.165, 1.54) is 21.4 Å². The van der Waals surface area contributed by atoms with E-state index in [1.807, 2.05) is 0 Å². The van der Waals surface area contributed by atoms with Crippen molar-refractivity contribution in [3.8, 4) is 0 Å². The maximum absolute atomic E-state index is 6.56. The van der Waals surface area contributed by atoms with Gasteiger partial charge in [0.25, 0.3) is 0 Å². The van der Waals surface area contributed by atoms with Crippen LogP contribution in [0.15, 0.2) is 45.4 Å². The van der Waals surface area contributed by atoms with Crippen molar-refractivity contribution in [3.63, 3.8) is 0 Å². The Morgan fingerprint density at radius 1 is 1.26 bits per heavy atom.